The van der Waals surface area contributed by atoms with Crippen molar-refractivity contribution in [3.05, 3.63) is 0 Å². The molecule has 0 fully saturated rings. The smallest absolute Gasteiger partial charge is 0.326 e. The molecule has 0 aromatic heterocycles. The average Bonchev–Trinajstić information content (AvgIpc) is 2.53. The lowest BCUT2D eigenvalue weighted by Gasteiger charge is -2.30. The summed E-state index contributed by atoms with van der Waals surface area (Å²) < 4.78 is 0. The fraction of sp³-hybridized carbons (Fsp3) is 0.889. The first-order valence-electron chi connectivity index (χ1n) is 9.17. The predicted molar refractivity (Wildman–Crippen MR) is 92.1 cm³/mol. The Morgan fingerprint density at radius 3 is 1.83 bits per heavy atom. The number of aliphatic hydroxyl groups excluding tert-OH is 1. The predicted octanol–water partition coefficient (Wildman–Crippen LogP) is 3.94. The molecule has 2 unspecified atom stereocenters. The van der Waals surface area contributed by atoms with Gasteiger partial charge in [0.25, 0.3) is 0 Å². The molecular formula is C18H35NO4. The van der Waals surface area contributed by atoms with Gasteiger partial charge in [0.2, 0.25) is 5.91 Å². The maximum atomic E-state index is 12.2. The molecule has 5 nitrogen and oxygen atoms in total. The molecule has 0 aliphatic rings. The number of aliphatic carboxylic acids is 1. The zero-order valence-electron chi connectivity index (χ0n) is 15.1. The number of carboxylic acid groups (broad SMARTS) is 1. The summed E-state index contributed by atoms with van der Waals surface area (Å²) in [5, 5.41) is 19.0. The van der Waals surface area contributed by atoms with Crippen LogP contribution in [0.3, 0.4) is 0 Å². The molecule has 1 amide bonds. The molecule has 0 saturated carbocycles. The zero-order chi connectivity index (χ0) is 17.7. The minimum Gasteiger partial charge on any atom is -0.480 e. The van der Waals surface area contributed by atoms with Gasteiger partial charge in [0.05, 0.1) is 0 Å². The van der Waals surface area contributed by atoms with E-state index in [4.69, 9.17) is 5.11 Å². The second kappa shape index (κ2) is 13.3. The van der Waals surface area contributed by atoms with Crippen molar-refractivity contribution in [2.24, 2.45) is 0 Å². The number of carboxylic acids is 1. The summed E-state index contributed by atoms with van der Waals surface area (Å²) in [6, 6.07) is -0.990. The highest BCUT2D eigenvalue weighted by Crippen LogP contribution is 2.14. The van der Waals surface area contributed by atoms with E-state index in [2.05, 4.69) is 6.92 Å². The van der Waals surface area contributed by atoms with Gasteiger partial charge in [0, 0.05) is 6.42 Å². The molecule has 0 aliphatic heterocycles. The van der Waals surface area contributed by atoms with Gasteiger partial charge in [0.15, 0.2) is 0 Å². The number of rotatable bonds is 14. The van der Waals surface area contributed by atoms with Crippen LogP contribution in [0.5, 0.6) is 0 Å². The molecule has 23 heavy (non-hydrogen) atoms. The van der Waals surface area contributed by atoms with Gasteiger partial charge in [-0.15, -0.1) is 0 Å². The lowest BCUT2D eigenvalue weighted by atomic mass is 10.1. The van der Waals surface area contributed by atoms with Gasteiger partial charge in [-0.1, -0.05) is 65.2 Å². The normalized spacial score (nSPS) is 13.6. The Kier molecular flexibility index (Phi) is 12.7. The van der Waals surface area contributed by atoms with Crippen LogP contribution in [0.25, 0.3) is 0 Å². The lowest BCUT2D eigenvalue weighted by molar-refractivity contribution is -0.159. The molecule has 0 saturated heterocycles. The number of hydrogen-bond acceptors (Lipinski definition) is 3. The number of unbranched alkanes of at least 4 members (excludes halogenated alkanes) is 8. The SMILES string of the molecule is CCCCCCCCCCCC(=O)N(C(O)CC)C(C)C(=O)O. The Bertz CT molecular complexity index is 333. The molecule has 0 aromatic rings. The number of hydrogen-bond donors (Lipinski definition) is 2. The van der Waals surface area contributed by atoms with E-state index in [9.17, 15) is 14.7 Å². The van der Waals surface area contributed by atoms with Gasteiger partial charge in [0.1, 0.15) is 12.3 Å². The van der Waals surface area contributed by atoms with E-state index in [1.807, 2.05) is 0 Å². The fourth-order valence-corrected chi connectivity index (χ4v) is 2.67. The number of nitrogens with zero attached hydrogens (tertiary/aromatic N) is 1. The minimum atomic E-state index is -1.09. The molecule has 2 atom stereocenters. The Hall–Kier alpha value is -1.10. The van der Waals surface area contributed by atoms with Crippen molar-refractivity contribution in [3.8, 4) is 0 Å². The van der Waals surface area contributed by atoms with Crippen molar-refractivity contribution < 1.29 is 19.8 Å². The van der Waals surface area contributed by atoms with E-state index >= 15 is 0 Å². The Morgan fingerprint density at radius 1 is 0.913 bits per heavy atom. The summed E-state index contributed by atoms with van der Waals surface area (Å²) in [6.45, 7) is 5.38. The number of aliphatic hydroxyl groups is 1. The quantitative estimate of drug-likeness (QED) is 0.374. The van der Waals surface area contributed by atoms with E-state index in [0.717, 1.165) is 24.2 Å². The van der Waals surface area contributed by atoms with E-state index in [0.29, 0.717) is 12.8 Å². The van der Waals surface area contributed by atoms with Crippen LogP contribution in [0, 0.1) is 0 Å². The van der Waals surface area contributed by atoms with Crippen molar-refractivity contribution in [3.63, 3.8) is 0 Å². The molecule has 0 heterocycles. The first kappa shape index (κ1) is 21.9. The van der Waals surface area contributed by atoms with E-state index in [1.54, 1.807) is 6.92 Å². The van der Waals surface area contributed by atoms with E-state index in [-0.39, 0.29) is 5.91 Å². The van der Waals surface area contributed by atoms with E-state index < -0.39 is 18.2 Å². The summed E-state index contributed by atoms with van der Waals surface area (Å²) in [6.07, 6.45) is 10.1. The average molecular weight is 329 g/mol. The zero-order valence-corrected chi connectivity index (χ0v) is 15.1. The maximum absolute atomic E-state index is 12.2. The van der Waals surface area contributed by atoms with Gasteiger partial charge in [-0.25, -0.2) is 4.79 Å². The first-order chi connectivity index (χ1) is 11.0. The molecule has 2 N–H and O–H groups in total. The minimum absolute atomic E-state index is 0.266. The summed E-state index contributed by atoms with van der Waals surface area (Å²) >= 11 is 0. The highest BCUT2D eigenvalue weighted by molar-refractivity contribution is 5.83. The highest BCUT2D eigenvalue weighted by Gasteiger charge is 2.29. The van der Waals surface area contributed by atoms with Crippen molar-refractivity contribution in [1.82, 2.24) is 4.90 Å². The molecule has 136 valence electrons. The number of carbonyl (C=O) groups excluding carboxylic acids is 1. The molecule has 0 bridgehead atoms. The van der Waals surface area contributed by atoms with Crippen LogP contribution in [-0.4, -0.2) is 39.3 Å². The van der Waals surface area contributed by atoms with Crippen LogP contribution in [0.15, 0.2) is 0 Å². The monoisotopic (exact) mass is 329 g/mol. The second-order valence-electron chi connectivity index (χ2n) is 6.28. The first-order valence-corrected chi connectivity index (χ1v) is 9.17. The van der Waals surface area contributed by atoms with Crippen molar-refractivity contribution in [1.29, 1.82) is 0 Å². The van der Waals surface area contributed by atoms with Gasteiger partial charge in [-0.2, -0.15) is 0 Å². The van der Waals surface area contributed by atoms with Gasteiger partial charge >= 0.3 is 5.97 Å². The van der Waals surface area contributed by atoms with Gasteiger partial charge in [-0.05, 0) is 19.8 Å². The van der Waals surface area contributed by atoms with Gasteiger partial charge < -0.3 is 15.1 Å². The van der Waals surface area contributed by atoms with Crippen LogP contribution in [0.1, 0.15) is 91.4 Å². The van der Waals surface area contributed by atoms with Crippen LogP contribution in [0.2, 0.25) is 0 Å². The third-order valence-electron chi connectivity index (χ3n) is 4.24. The number of carbonyl (C=O) groups is 2. The maximum Gasteiger partial charge on any atom is 0.326 e. The molecular weight excluding hydrogens is 294 g/mol. The second-order valence-corrected chi connectivity index (χ2v) is 6.28. The molecule has 0 aromatic carbocycles. The highest BCUT2D eigenvalue weighted by atomic mass is 16.4. The Balaban J connectivity index is 3.98. The van der Waals surface area contributed by atoms with Crippen LogP contribution < -0.4 is 0 Å². The summed E-state index contributed by atoms with van der Waals surface area (Å²) in [4.78, 5) is 24.4. The van der Waals surface area contributed by atoms with Crippen LogP contribution >= 0.6 is 0 Å². The molecule has 5 heteroatoms. The fourth-order valence-electron chi connectivity index (χ4n) is 2.67. The summed E-state index contributed by atoms with van der Waals surface area (Å²) in [5.41, 5.74) is 0. The Labute approximate surface area is 141 Å². The largest absolute Gasteiger partial charge is 0.480 e. The van der Waals surface area contributed by atoms with Crippen molar-refractivity contribution >= 4 is 11.9 Å². The third kappa shape index (κ3) is 9.59. The van der Waals surface area contributed by atoms with Crippen LogP contribution in [-0.2, 0) is 9.59 Å². The van der Waals surface area contributed by atoms with Crippen molar-refractivity contribution in [2.75, 3.05) is 0 Å². The molecule has 0 radical (unpaired) electrons. The lowest BCUT2D eigenvalue weighted by Crippen LogP contribution is -2.49. The molecule has 0 rings (SSSR count). The standard InChI is InChI=1S/C18H35NO4/c1-4-6-7-8-9-10-11-12-13-14-17(21)19(16(20)5-2)15(3)18(22)23/h15-16,20H,4-14H2,1-3H3,(H,22,23). The molecule has 0 spiro atoms. The summed E-state index contributed by atoms with van der Waals surface area (Å²) in [5.74, 6) is -1.35. The summed E-state index contributed by atoms with van der Waals surface area (Å²) in [7, 11) is 0. The molecule has 0 aliphatic carbocycles. The third-order valence-corrected chi connectivity index (χ3v) is 4.24. The topological polar surface area (TPSA) is 77.8 Å². The van der Waals surface area contributed by atoms with E-state index in [1.165, 1.54) is 45.4 Å². The van der Waals surface area contributed by atoms with Crippen LogP contribution in [0.4, 0.5) is 0 Å². The Morgan fingerprint density at radius 2 is 1.39 bits per heavy atom. The van der Waals surface area contributed by atoms with Crippen molar-refractivity contribution in [2.45, 2.75) is 104 Å². The number of amides is 1. The van der Waals surface area contributed by atoms with Gasteiger partial charge in [-0.3, -0.25) is 4.79 Å².